The Labute approximate surface area is 150 Å². The van der Waals surface area contributed by atoms with Crippen molar-refractivity contribution < 1.29 is 9.59 Å². The Morgan fingerprint density at radius 3 is 2.40 bits per heavy atom. The molecular weight excluding hydrogens is 314 g/mol. The van der Waals surface area contributed by atoms with E-state index < -0.39 is 5.91 Å². The van der Waals surface area contributed by atoms with Gasteiger partial charge in [-0.1, -0.05) is 50.1 Å². The van der Waals surface area contributed by atoms with Crippen molar-refractivity contribution in [1.82, 2.24) is 15.1 Å². The van der Waals surface area contributed by atoms with Crippen molar-refractivity contribution in [3.8, 4) is 0 Å². The molecule has 136 valence electrons. The highest BCUT2D eigenvalue weighted by molar-refractivity contribution is 6.35. The lowest BCUT2D eigenvalue weighted by atomic mass is 9.86. The van der Waals surface area contributed by atoms with Gasteiger partial charge in [0.25, 0.3) is 0 Å². The van der Waals surface area contributed by atoms with Gasteiger partial charge in [0.2, 0.25) is 0 Å². The third-order valence-corrected chi connectivity index (χ3v) is 5.53. The van der Waals surface area contributed by atoms with Crippen LogP contribution in [-0.4, -0.2) is 53.8 Å². The van der Waals surface area contributed by atoms with Crippen LogP contribution in [0.5, 0.6) is 0 Å². The molecule has 5 heteroatoms. The maximum absolute atomic E-state index is 12.4. The fourth-order valence-corrected chi connectivity index (χ4v) is 3.86. The molecule has 2 aliphatic rings. The summed E-state index contributed by atoms with van der Waals surface area (Å²) in [6.45, 7) is 5.94. The molecule has 1 aliphatic carbocycles. The van der Waals surface area contributed by atoms with E-state index in [9.17, 15) is 9.59 Å². The van der Waals surface area contributed by atoms with Crippen LogP contribution in [-0.2, 0) is 16.1 Å². The average molecular weight is 343 g/mol. The molecule has 0 aromatic heterocycles. The summed E-state index contributed by atoms with van der Waals surface area (Å²) in [6.07, 6.45) is 4.49. The zero-order chi connectivity index (χ0) is 17.6. The molecule has 1 aromatic rings. The molecule has 1 saturated carbocycles. The van der Waals surface area contributed by atoms with Crippen LogP contribution < -0.4 is 5.32 Å². The van der Waals surface area contributed by atoms with Gasteiger partial charge < -0.3 is 10.2 Å². The normalized spacial score (nSPS) is 24.8. The number of benzene rings is 1. The van der Waals surface area contributed by atoms with Gasteiger partial charge in [0.05, 0.1) is 0 Å². The summed E-state index contributed by atoms with van der Waals surface area (Å²) in [5.74, 6) is -0.319. The topological polar surface area (TPSA) is 52.7 Å². The van der Waals surface area contributed by atoms with Crippen molar-refractivity contribution in [3.63, 3.8) is 0 Å². The van der Waals surface area contributed by atoms with E-state index in [1.165, 1.54) is 12.0 Å². The summed E-state index contributed by atoms with van der Waals surface area (Å²) in [7, 11) is 0. The summed E-state index contributed by atoms with van der Waals surface area (Å²) in [5.41, 5.74) is 1.28. The molecule has 2 atom stereocenters. The van der Waals surface area contributed by atoms with Gasteiger partial charge in [-0.05, 0) is 24.3 Å². The van der Waals surface area contributed by atoms with E-state index in [1.807, 2.05) is 18.2 Å². The van der Waals surface area contributed by atoms with Gasteiger partial charge in [-0.3, -0.25) is 14.5 Å². The lowest BCUT2D eigenvalue weighted by molar-refractivity contribution is -0.147. The third-order valence-electron chi connectivity index (χ3n) is 5.53. The lowest BCUT2D eigenvalue weighted by Crippen LogP contribution is -2.54. The second-order valence-corrected chi connectivity index (χ2v) is 7.40. The van der Waals surface area contributed by atoms with Crippen LogP contribution in [0.25, 0.3) is 0 Å². The zero-order valence-corrected chi connectivity index (χ0v) is 15.1. The fraction of sp³-hybridized carbons (Fsp3) is 0.600. The minimum absolute atomic E-state index is 0.157. The van der Waals surface area contributed by atoms with Gasteiger partial charge in [0.15, 0.2) is 0 Å². The smallest absolute Gasteiger partial charge is 0.311 e. The molecule has 2 unspecified atom stereocenters. The van der Waals surface area contributed by atoms with Gasteiger partial charge in [-0.15, -0.1) is 0 Å². The van der Waals surface area contributed by atoms with E-state index >= 15 is 0 Å². The van der Waals surface area contributed by atoms with Crippen molar-refractivity contribution >= 4 is 11.8 Å². The molecule has 1 aromatic carbocycles. The van der Waals surface area contributed by atoms with Crippen molar-refractivity contribution in [3.05, 3.63) is 35.9 Å². The summed E-state index contributed by atoms with van der Waals surface area (Å²) < 4.78 is 0. The first-order valence-electron chi connectivity index (χ1n) is 9.49. The quantitative estimate of drug-likeness (QED) is 0.855. The maximum Gasteiger partial charge on any atom is 0.311 e. The number of nitrogens with zero attached hydrogens (tertiary/aromatic N) is 2. The van der Waals surface area contributed by atoms with E-state index in [0.717, 1.165) is 38.9 Å². The molecule has 1 saturated heterocycles. The van der Waals surface area contributed by atoms with Gasteiger partial charge >= 0.3 is 11.8 Å². The minimum atomic E-state index is -0.421. The molecule has 5 nitrogen and oxygen atoms in total. The predicted octanol–water partition coefficient (Wildman–Crippen LogP) is 2.03. The van der Waals surface area contributed by atoms with Crippen LogP contribution in [0.4, 0.5) is 0 Å². The highest BCUT2D eigenvalue weighted by atomic mass is 16.2. The number of hydrogen-bond donors (Lipinski definition) is 1. The average Bonchev–Trinajstić information content (AvgIpc) is 2.64. The number of carbonyl (C=O) groups is 2. The highest BCUT2D eigenvalue weighted by Gasteiger charge is 2.29. The van der Waals surface area contributed by atoms with Crippen molar-refractivity contribution in [2.24, 2.45) is 5.92 Å². The Morgan fingerprint density at radius 1 is 1.04 bits per heavy atom. The van der Waals surface area contributed by atoms with Crippen LogP contribution in [0.3, 0.4) is 0 Å². The molecule has 0 radical (unpaired) electrons. The van der Waals surface area contributed by atoms with Gasteiger partial charge in [0, 0.05) is 38.8 Å². The molecule has 1 heterocycles. The third kappa shape index (κ3) is 4.82. The first-order valence-corrected chi connectivity index (χ1v) is 9.49. The zero-order valence-electron chi connectivity index (χ0n) is 15.1. The number of rotatable bonds is 3. The van der Waals surface area contributed by atoms with Crippen LogP contribution in [0, 0.1) is 5.92 Å². The predicted molar refractivity (Wildman–Crippen MR) is 97.9 cm³/mol. The Morgan fingerprint density at radius 2 is 1.72 bits per heavy atom. The summed E-state index contributed by atoms with van der Waals surface area (Å²) in [4.78, 5) is 28.8. The van der Waals surface area contributed by atoms with Crippen molar-refractivity contribution in [2.75, 3.05) is 26.2 Å². The molecule has 0 bridgehead atoms. The number of hydrogen-bond acceptors (Lipinski definition) is 3. The van der Waals surface area contributed by atoms with E-state index in [4.69, 9.17) is 0 Å². The van der Waals surface area contributed by atoms with Gasteiger partial charge in [-0.25, -0.2) is 0 Å². The molecule has 3 rings (SSSR count). The largest absolute Gasteiger partial charge is 0.345 e. The SMILES string of the molecule is CC1CCCCC1NC(=O)C(=O)N1CCN(Cc2ccccc2)CC1. The number of amides is 2. The maximum atomic E-state index is 12.4. The molecule has 2 fully saturated rings. The second-order valence-electron chi connectivity index (χ2n) is 7.40. The minimum Gasteiger partial charge on any atom is -0.345 e. The van der Waals surface area contributed by atoms with Crippen molar-refractivity contribution in [2.45, 2.75) is 45.2 Å². The van der Waals surface area contributed by atoms with Gasteiger partial charge in [-0.2, -0.15) is 0 Å². The Bertz CT molecular complexity index is 582. The Hall–Kier alpha value is -1.88. The van der Waals surface area contributed by atoms with E-state index in [1.54, 1.807) is 4.90 Å². The van der Waals surface area contributed by atoms with E-state index in [0.29, 0.717) is 19.0 Å². The lowest BCUT2D eigenvalue weighted by Gasteiger charge is -2.35. The van der Waals surface area contributed by atoms with E-state index in [-0.39, 0.29) is 11.9 Å². The van der Waals surface area contributed by atoms with Crippen LogP contribution in [0.1, 0.15) is 38.2 Å². The fourth-order valence-electron chi connectivity index (χ4n) is 3.86. The Balaban J connectivity index is 1.45. The van der Waals surface area contributed by atoms with Crippen LogP contribution in [0.15, 0.2) is 30.3 Å². The number of piperazine rings is 1. The number of carbonyl (C=O) groups excluding carboxylic acids is 2. The van der Waals surface area contributed by atoms with E-state index in [2.05, 4.69) is 29.3 Å². The Kier molecular flexibility index (Phi) is 6.08. The molecule has 2 amide bonds. The molecule has 0 spiro atoms. The summed E-state index contributed by atoms with van der Waals surface area (Å²) in [6, 6.07) is 10.5. The standard InChI is InChI=1S/C20H29N3O2/c1-16-7-5-6-10-18(16)21-19(24)20(25)23-13-11-22(12-14-23)15-17-8-3-2-4-9-17/h2-4,8-9,16,18H,5-7,10-15H2,1H3,(H,21,24). The molecule has 1 N–H and O–H groups in total. The van der Waals surface area contributed by atoms with Crippen LogP contribution >= 0.6 is 0 Å². The van der Waals surface area contributed by atoms with Crippen LogP contribution in [0.2, 0.25) is 0 Å². The highest BCUT2D eigenvalue weighted by Crippen LogP contribution is 2.23. The summed E-state index contributed by atoms with van der Waals surface area (Å²) in [5, 5.41) is 2.97. The first kappa shape index (κ1) is 17.9. The second kappa shape index (κ2) is 8.48. The first-order chi connectivity index (χ1) is 12.1. The van der Waals surface area contributed by atoms with Gasteiger partial charge in [0.1, 0.15) is 0 Å². The van der Waals surface area contributed by atoms with Crippen molar-refractivity contribution in [1.29, 1.82) is 0 Å². The molecular formula is C20H29N3O2. The monoisotopic (exact) mass is 343 g/mol. The number of nitrogens with one attached hydrogen (secondary N) is 1. The summed E-state index contributed by atoms with van der Waals surface area (Å²) >= 11 is 0. The molecule has 25 heavy (non-hydrogen) atoms. The molecule has 1 aliphatic heterocycles.